The van der Waals surface area contributed by atoms with Gasteiger partial charge in [0, 0.05) is 5.92 Å². The molecule has 0 amide bonds. The first-order valence-electron chi connectivity index (χ1n) is 6.26. The predicted octanol–water partition coefficient (Wildman–Crippen LogP) is 3.93. The average Bonchev–Trinajstić information content (AvgIpc) is 2.73. The molecule has 1 heterocycles. The summed E-state index contributed by atoms with van der Waals surface area (Å²) in [7, 11) is 0. The normalized spacial score (nSPS) is 25.9. The molecular weight excluding hydrogens is 266 g/mol. The van der Waals surface area contributed by atoms with Crippen LogP contribution in [0.15, 0.2) is 21.2 Å². The van der Waals surface area contributed by atoms with Gasteiger partial charge in [-0.25, -0.2) is 0 Å². The molecule has 0 aliphatic heterocycles. The van der Waals surface area contributed by atoms with Gasteiger partial charge in [0.05, 0.1) is 10.7 Å². The van der Waals surface area contributed by atoms with Crippen molar-refractivity contribution in [2.24, 2.45) is 5.92 Å². The minimum atomic E-state index is 0.595. The highest BCUT2D eigenvalue weighted by molar-refractivity contribution is 9.10. The monoisotopic (exact) mass is 285 g/mol. The quantitative estimate of drug-likeness (QED) is 0.907. The Bertz CT molecular complexity index is 323. The van der Waals surface area contributed by atoms with Crippen LogP contribution >= 0.6 is 15.9 Å². The molecule has 1 aliphatic rings. The second-order valence-electron chi connectivity index (χ2n) is 4.59. The van der Waals surface area contributed by atoms with Crippen molar-refractivity contribution in [3.63, 3.8) is 0 Å². The van der Waals surface area contributed by atoms with E-state index in [0.717, 1.165) is 29.2 Å². The zero-order valence-electron chi connectivity index (χ0n) is 9.84. The molecule has 1 saturated carbocycles. The summed E-state index contributed by atoms with van der Waals surface area (Å²) in [6.45, 7) is 4.34. The molecule has 1 aromatic heterocycles. The Morgan fingerprint density at radius 1 is 1.44 bits per heavy atom. The minimum absolute atomic E-state index is 0.595. The zero-order chi connectivity index (χ0) is 11.4. The molecule has 90 valence electrons. The van der Waals surface area contributed by atoms with Gasteiger partial charge >= 0.3 is 0 Å². The van der Waals surface area contributed by atoms with Crippen molar-refractivity contribution in [2.45, 2.75) is 38.5 Å². The van der Waals surface area contributed by atoms with E-state index in [2.05, 4.69) is 28.2 Å². The van der Waals surface area contributed by atoms with Crippen LogP contribution in [-0.4, -0.2) is 13.1 Å². The lowest BCUT2D eigenvalue weighted by atomic mass is 9.78. The summed E-state index contributed by atoms with van der Waals surface area (Å²) in [4.78, 5) is 0. The van der Waals surface area contributed by atoms with E-state index in [9.17, 15) is 0 Å². The SMILES string of the molecule is CCNCC1CCCCC1c1occc1Br. The van der Waals surface area contributed by atoms with Crippen molar-refractivity contribution >= 4 is 15.9 Å². The van der Waals surface area contributed by atoms with E-state index in [1.54, 1.807) is 6.26 Å². The second-order valence-corrected chi connectivity index (χ2v) is 5.45. The van der Waals surface area contributed by atoms with Gasteiger partial charge in [-0.1, -0.05) is 19.8 Å². The zero-order valence-corrected chi connectivity index (χ0v) is 11.4. The van der Waals surface area contributed by atoms with E-state index in [1.807, 2.05) is 6.07 Å². The molecule has 1 fully saturated rings. The van der Waals surface area contributed by atoms with Crippen LogP contribution in [0, 0.1) is 5.92 Å². The second kappa shape index (κ2) is 5.87. The summed E-state index contributed by atoms with van der Waals surface area (Å²) in [5, 5.41) is 3.47. The van der Waals surface area contributed by atoms with Crippen LogP contribution in [0.2, 0.25) is 0 Å². The van der Waals surface area contributed by atoms with E-state index in [1.165, 1.54) is 25.7 Å². The standard InChI is InChI=1S/C13H20BrNO/c1-2-15-9-10-5-3-4-6-11(10)13-12(14)7-8-16-13/h7-8,10-11,15H,2-6,9H2,1H3. The molecule has 1 aromatic rings. The fraction of sp³-hybridized carbons (Fsp3) is 0.692. The third kappa shape index (κ3) is 2.69. The van der Waals surface area contributed by atoms with Crippen LogP contribution in [0.3, 0.4) is 0 Å². The van der Waals surface area contributed by atoms with Gasteiger partial charge in [-0.05, 0) is 53.8 Å². The fourth-order valence-electron chi connectivity index (χ4n) is 2.70. The lowest BCUT2D eigenvalue weighted by molar-refractivity contribution is 0.264. The van der Waals surface area contributed by atoms with Gasteiger partial charge in [0.15, 0.2) is 0 Å². The maximum Gasteiger partial charge on any atom is 0.121 e. The first-order valence-corrected chi connectivity index (χ1v) is 7.05. The van der Waals surface area contributed by atoms with Crippen molar-refractivity contribution in [1.82, 2.24) is 5.32 Å². The van der Waals surface area contributed by atoms with Crippen molar-refractivity contribution in [3.8, 4) is 0 Å². The van der Waals surface area contributed by atoms with Gasteiger partial charge in [0.1, 0.15) is 5.76 Å². The van der Waals surface area contributed by atoms with E-state index < -0.39 is 0 Å². The summed E-state index contributed by atoms with van der Waals surface area (Å²) in [5.41, 5.74) is 0. The third-order valence-corrected chi connectivity index (χ3v) is 4.20. The Hall–Kier alpha value is -0.280. The Balaban J connectivity index is 2.07. The molecule has 0 bridgehead atoms. The van der Waals surface area contributed by atoms with E-state index >= 15 is 0 Å². The molecule has 1 aliphatic carbocycles. The van der Waals surface area contributed by atoms with E-state index in [-0.39, 0.29) is 0 Å². The molecule has 1 N–H and O–H groups in total. The Labute approximate surface area is 106 Å². The first kappa shape index (κ1) is 12.2. The minimum Gasteiger partial charge on any atom is -0.468 e. The lowest BCUT2D eigenvalue weighted by Crippen LogP contribution is -2.29. The molecule has 0 saturated heterocycles. The highest BCUT2D eigenvalue weighted by Gasteiger charge is 2.29. The average molecular weight is 286 g/mol. The van der Waals surface area contributed by atoms with Gasteiger partial charge in [0.2, 0.25) is 0 Å². The van der Waals surface area contributed by atoms with Gasteiger partial charge < -0.3 is 9.73 Å². The Morgan fingerprint density at radius 2 is 2.25 bits per heavy atom. The number of hydrogen-bond donors (Lipinski definition) is 1. The van der Waals surface area contributed by atoms with Crippen molar-refractivity contribution < 1.29 is 4.42 Å². The topological polar surface area (TPSA) is 25.2 Å². The smallest absolute Gasteiger partial charge is 0.121 e. The van der Waals surface area contributed by atoms with Crippen molar-refractivity contribution in [1.29, 1.82) is 0 Å². The summed E-state index contributed by atoms with van der Waals surface area (Å²) >= 11 is 3.58. The Morgan fingerprint density at radius 3 is 2.94 bits per heavy atom. The predicted molar refractivity (Wildman–Crippen MR) is 69.7 cm³/mol. The van der Waals surface area contributed by atoms with Gasteiger partial charge in [-0.3, -0.25) is 0 Å². The number of halogens is 1. The van der Waals surface area contributed by atoms with Crippen LogP contribution in [0.25, 0.3) is 0 Å². The molecule has 0 aromatic carbocycles. The molecular formula is C13H20BrNO. The van der Waals surface area contributed by atoms with Crippen molar-refractivity contribution in [2.75, 3.05) is 13.1 Å². The largest absolute Gasteiger partial charge is 0.468 e. The van der Waals surface area contributed by atoms with Crippen LogP contribution < -0.4 is 5.32 Å². The summed E-state index contributed by atoms with van der Waals surface area (Å²) in [5.74, 6) is 2.48. The third-order valence-electron chi connectivity index (χ3n) is 3.55. The molecule has 2 rings (SSSR count). The van der Waals surface area contributed by atoms with E-state index in [0.29, 0.717) is 5.92 Å². The molecule has 16 heavy (non-hydrogen) atoms. The number of furan rings is 1. The Kier molecular flexibility index (Phi) is 4.47. The number of nitrogens with one attached hydrogen (secondary N) is 1. The summed E-state index contributed by atoms with van der Waals surface area (Å²) in [6, 6.07) is 2.01. The molecule has 2 atom stereocenters. The van der Waals surface area contributed by atoms with Gasteiger partial charge in [-0.2, -0.15) is 0 Å². The van der Waals surface area contributed by atoms with E-state index in [4.69, 9.17) is 4.42 Å². The maximum atomic E-state index is 5.64. The summed E-state index contributed by atoms with van der Waals surface area (Å²) in [6.07, 6.45) is 7.08. The van der Waals surface area contributed by atoms with Crippen LogP contribution in [0.4, 0.5) is 0 Å². The fourth-order valence-corrected chi connectivity index (χ4v) is 3.19. The van der Waals surface area contributed by atoms with Crippen LogP contribution in [0.1, 0.15) is 44.3 Å². The first-order chi connectivity index (χ1) is 7.83. The highest BCUT2D eigenvalue weighted by atomic mass is 79.9. The van der Waals surface area contributed by atoms with Crippen LogP contribution in [0.5, 0.6) is 0 Å². The van der Waals surface area contributed by atoms with Crippen molar-refractivity contribution in [3.05, 3.63) is 22.6 Å². The van der Waals surface area contributed by atoms with Gasteiger partial charge in [0.25, 0.3) is 0 Å². The molecule has 0 spiro atoms. The maximum absolute atomic E-state index is 5.64. The molecule has 0 radical (unpaired) electrons. The molecule has 2 unspecified atom stereocenters. The lowest BCUT2D eigenvalue weighted by Gasteiger charge is -2.30. The van der Waals surface area contributed by atoms with Gasteiger partial charge in [-0.15, -0.1) is 0 Å². The summed E-state index contributed by atoms with van der Waals surface area (Å²) < 4.78 is 6.78. The number of rotatable bonds is 4. The molecule has 2 nitrogen and oxygen atoms in total. The molecule has 3 heteroatoms. The van der Waals surface area contributed by atoms with Crippen LogP contribution in [-0.2, 0) is 0 Å². The number of hydrogen-bond acceptors (Lipinski definition) is 2. The highest BCUT2D eigenvalue weighted by Crippen LogP contribution is 2.40.